The second-order valence-electron chi connectivity index (χ2n) is 4.57. The Labute approximate surface area is 99.2 Å². The van der Waals surface area contributed by atoms with Crippen molar-refractivity contribution in [2.75, 3.05) is 13.1 Å². The van der Waals surface area contributed by atoms with E-state index in [-0.39, 0.29) is 0 Å². The minimum atomic E-state index is 0.602. The van der Waals surface area contributed by atoms with Crippen LogP contribution in [0.15, 0.2) is 18.2 Å². The molecule has 0 saturated heterocycles. The summed E-state index contributed by atoms with van der Waals surface area (Å²) in [5.74, 6) is 0.602. The van der Waals surface area contributed by atoms with Crippen molar-refractivity contribution in [1.29, 1.82) is 0 Å². The van der Waals surface area contributed by atoms with Crippen LogP contribution >= 0.6 is 0 Å². The average molecular weight is 220 g/mol. The van der Waals surface area contributed by atoms with Gasteiger partial charge in [0.25, 0.3) is 0 Å². The van der Waals surface area contributed by atoms with E-state index in [1.807, 2.05) is 0 Å². The quantitative estimate of drug-likeness (QED) is 0.772. The summed E-state index contributed by atoms with van der Waals surface area (Å²) < 4.78 is 0. The molecule has 0 heterocycles. The Morgan fingerprint density at radius 1 is 1.31 bits per heavy atom. The second-order valence-corrected chi connectivity index (χ2v) is 4.57. The van der Waals surface area contributed by atoms with E-state index in [1.165, 1.54) is 16.7 Å². The molecule has 90 valence electrons. The number of nitrogens with one attached hydrogen (secondary N) is 1. The molecule has 1 aromatic rings. The molecule has 3 N–H and O–H groups in total. The van der Waals surface area contributed by atoms with E-state index in [0.29, 0.717) is 5.92 Å². The molecule has 2 nitrogen and oxygen atoms in total. The van der Waals surface area contributed by atoms with Crippen LogP contribution < -0.4 is 11.1 Å². The predicted molar refractivity (Wildman–Crippen MR) is 70.5 cm³/mol. The first-order valence-electron chi connectivity index (χ1n) is 6.14. The standard InChI is InChI=1S/C14H24N2/c1-4-13(8-15)9-16-10-14-7-11(2)5-6-12(14)3/h5-7,13,16H,4,8-10,15H2,1-3H3. The van der Waals surface area contributed by atoms with Gasteiger partial charge in [-0.2, -0.15) is 0 Å². The summed E-state index contributed by atoms with van der Waals surface area (Å²) in [7, 11) is 0. The maximum absolute atomic E-state index is 5.68. The average Bonchev–Trinajstić information content (AvgIpc) is 2.29. The first-order chi connectivity index (χ1) is 7.67. The number of aryl methyl sites for hydroxylation is 2. The summed E-state index contributed by atoms with van der Waals surface area (Å²) in [6, 6.07) is 6.60. The number of hydrogen-bond donors (Lipinski definition) is 2. The number of hydrogen-bond acceptors (Lipinski definition) is 2. The molecule has 0 spiro atoms. The van der Waals surface area contributed by atoms with Crippen molar-refractivity contribution in [3.05, 3.63) is 34.9 Å². The lowest BCUT2D eigenvalue weighted by molar-refractivity contribution is 0.471. The number of nitrogens with two attached hydrogens (primary N) is 1. The summed E-state index contributed by atoms with van der Waals surface area (Å²) in [5, 5.41) is 3.49. The molecule has 0 saturated carbocycles. The smallest absolute Gasteiger partial charge is 0.0208 e. The van der Waals surface area contributed by atoms with E-state index in [4.69, 9.17) is 5.73 Å². The van der Waals surface area contributed by atoms with Gasteiger partial charge in [-0.25, -0.2) is 0 Å². The van der Waals surface area contributed by atoms with Crippen LogP contribution in [0.5, 0.6) is 0 Å². The molecule has 0 fully saturated rings. The van der Waals surface area contributed by atoms with Crippen molar-refractivity contribution in [2.45, 2.75) is 33.7 Å². The van der Waals surface area contributed by atoms with Gasteiger partial charge < -0.3 is 11.1 Å². The minimum absolute atomic E-state index is 0.602. The molecule has 1 atom stereocenters. The Morgan fingerprint density at radius 2 is 2.06 bits per heavy atom. The molecule has 1 unspecified atom stereocenters. The fraction of sp³-hybridized carbons (Fsp3) is 0.571. The van der Waals surface area contributed by atoms with Gasteiger partial charge in [-0.15, -0.1) is 0 Å². The monoisotopic (exact) mass is 220 g/mol. The molecule has 16 heavy (non-hydrogen) atoms. The Bertz CT molecular complexity index is 317. The number of rotatable bonds is 6. The maximum atomic E-state index is 5.68. The highest BCUT2D eigenvalue weighted by atomic mass is 14.9. The van der Waals surface area contributed by atoms with Crippen molar-refractivity contribution < 1.29 is 0 Å². The fourth-order valence-corrected chi connectivity index (χ4v) is 1.80. The van der Waals surface area contributed by atoms with Gasteiger partial charge in [-0.1, -0.05) is 37.1 Å². The zero-order chi connectivity index (χ0) is 12.0. The molecular formula is C14H24N2. The van der Waals surface area contributed by atoms with Crippen LogP contribution in [0.25, 0.3) is 0 Å². The van der Waals surface area contributed by atoms with E-state index in [9.17, 15) is 0 Å². The molecule has 1 rings (SSSR count). The van der Waals surface area contributed by atoms with Crippen molar-refractivity contribution in [3.8, 4) is 0 Å². The second kappa shape index (κ2) is 6.66. The molecule has 0 aliphatic carbocycles. The molecule has 0 amide bonds. The SMILES string of the molecule is CCC(CN)CNCc1cc(C)ccc1C. The predicted octanol–water partition coefficient (Wildman–Crippen LogP) is 2.38. The third kappa shape index (κ3) is 3.95. The Morgan fingerprint density at radius 3 is 2.69 bits per heavy atom. The van der Waals surface area contributed by atoms with E-state index < -0.39 is 0 Å². The van der Waals surface area contributed by atoms with Gasteiger partial charge in [0.1, 0.15) is 0 Å². The lowest BCUT2D eigenvalue weighted by atomic mass is 10.0. The molecular weight excluding hydrogens is 196 g/mol. The summed E-state index contributed by atoms with van der Waals surface area (Å²) in [4.78, 5) is 0. The summed E-state index contributed by atoms with van der Waals surface area (Å²) in [6.07, 6.45) is 1.15. The van der Waals surface area contributed by atoms with Gasteiger partial charge in [0.15, 0.2) is 0 Å². The van der Waals surface area contributed by atoms with Gasteiger partial charge in [0, 0.05) is 6.54 Å². The summed E-state index contributed by atoms with van der Waals surface area (Å²) >= 11 is 0. The molecule has 0 aliphatic heterocycles. The minimum Gasteiger partial charge on any atom is -0.330 e. The topological polar surface area (TPSA) is 38.0 Å². The molecule has 0 bridgehead atoms. The van der Waals surface area contributed by atoms with Crippen LogP contribution in [0.4, 0.5) is 0 Å². The lowest BCUT2D eigenvalue weighted by Crippen LogP contribution is -2.27. The summed E-state index contributed by atoms with van der Waals surface area (Å²) in [6.45, 7) is 9.23. The van der Waals surface area contributed by atoms with Gasteiger partial charge in [0.05, 0.1) is 0 Å². The highest BCUT2D eigenvalue weighted by Crippen LogP contribution is 2.10. The summed E-state index contributed by atoms with van der Waals surface area (Å²) in [5.41, 5.74) is 9.76. The van der Waals surface area contributed by atoms with Crippen LogP contribution in [-0.2, 0) is 6.54 Å². The normalized spacial score (nSPS) is 12.8. The zero-order valence-corrected chi connectivity index (χ0v) is 10.7. The Kier molecular flexibility index (Phi) is 5.50. The van der Waals surface area contributed by atoms with Crippen LogP contribution in [0.2, 0.25) is 0 Å². The van der Waals surface area contributed by atoms with Gasteiger partial charge in [-0.05, 0) is 44.0 Å². The van der Waals surface area contributed by atoms with E-state index in [0.717, 1.165) is 26.1 Å². The van der Waals surface area contributed by atoms with Gasteiger partial charge >= 0.3 is 0 Å². The van der Waals surface area contributed by atoms with Crippen LogP contribution in [0, 0.1) is 19.8 Å². The van der Waals surface area contributed by atoms with Crippen molar-refractivity contribution in [1.82, 2.24) is 5.32 Å². The van der Waals surface area contributed by atoms with E-state index in [1.54, 1.807) is 0 Å². The lowest BCUT2D eigenvalue weighted by Gasteiger charge is -2.14. The first kappa shape index (κ1) is 13.2. The Hall–Kier alpha value is -0.860. The highest BCUT2D eigenvalue weighted by molar-refractivity contribution is 5.30. The van der Waals surface area contributed by atoms with Crippen molar-refractivity contribution in [3.63, 3.8) is 0 Å². The third-order valence-corrected chi connectivity index (χ3v) is 3.16. The first-order valence-corrected chi connectivity index (χ1v) is 6.14. The molecule has 0 aliphatic rings. The van der Waals surface area contributed by atoms with Gasteiger partial charge in [-0.3, -0.25) is 0 Å². The Balaban J connectivity index is 2.45. The molecule has 0 aromatic heterocycles. The van der Waals surface area contributed by atoms with E-state index >= 15 is 0 Å². The third-order valence-electron chi connectivity index (χ3n) is 3.16. The van der Waals surface area contributed by atoms with E-state index in [2.05, 4.69) is 44.3 Å². The largest absolute Gasteiger partial charge is 0.330 e. The maximum Gasteiger partial charge on any atom is 0.0208 e. The van der Waals surface area contributed by atoms with Crippen LogP contribution in [0.3, 0.4) is 0 Å². The van der Waals surface area contributed by atoms with Crippen LogP contribution in [-0.4, -0.2) is 13.1 Å². The van der Waals surface area contributed by atoms with Gasteiger partial charge in [0.2, 0.25) is 0 Å². The molecule has 0 radical (unpaired) electrons. The van der Waals surface area contributed by atoms with Crippen LogP contribution in [0.1, 0.15) is 30.0 Å². The molecule has 2 heteroatoms. The van der Waals surface area contributed by atoms with Crippen molar-refractivity contribution in [2.24, 2.45) is 11.7 Å². The highest BCUT2D eigenvalue weighted by Gasteiger charge is 2.03. The number of benzene rings is 1. The zero-order valence-electron chi connectivity index (χ0n) is 10.7. The fourth-order valence-electron chi connectivity index (χ4n) is 1.80. The van der Waals surface area contributed by atoms with Crippen molar-refractivity contribution >= 4 is 0 Å². The molecule has 1 aromatic carbocycles.